The van der Waals surface area contributed by atoms with E-state index in [1.807, 2.05) is 18.2 Å². The van der Waals surface area contributed by atoms with Crippen LogP contribution in [-0.4, -0.2) is 24.0 Å². The zero-order chi connectivity index (χ0) is 15.7. The molecule has 1 N–H and O–H groups in total. The van der Waals surface area contributed by atoms with E-state index in [-0.39, 0.29) is 11.9 Å². The maximum absolute atomic E-state index is 12.5. The lowest BCUT2D eigenvalue weighted by Gasteiger charge is -2.27. The summed E-state index contributed by atoms with van der Waals surface area (Å²) in [5, 5.41) is 5.12. The average Bonchev–Trinajstić information content (AvgIpc) is 2.86. The number of rotatable bonds is 3. The highest BCUT2D eigenvalue weighted by Gasteiger charge is 2.46. The number of hydrogen-bond donors (Lipinski definition) is 1. The minimum Gasteiger partial charge on any atom is -0.464 e. The van der Waals surface area contributed by atoms with Crippen molar-refractivity contribution in [1.82, 2.24) is 5.32 Å². The topological polar surface area (TPSA) is 55.4 Å². The van der Waals surface area contributed by atoms with Gasteiger partial charge in [-0.25, -0.2) is 4.79 Å². The van der Waals surface area contributed by atoms with Gasteiger partial charge in [-0.2, -0.15) is 0 Å². The van der Waals surface area contributed by atoms with Gasteiger partial charge in [0.1, 0.15) is 5.54 Å². The van der Waals surface area contributed by atoms with Gasteiger partial charge < -0.3 is 10.1 Å². The highest BCUT2D eigenvalue weighted by atomic mass is 16.5. The fraction of sp³-hybridized carbons (Fsp3) is 0.333. The lowest BCUT2D eigenvalue weighted by Crippen LogP contribution is -2.55. The molecule has 1 atom stereocenters. The third-order valence-electron chi connectivity index (χ3n) is 4.19. The first-order chi connectivity index (χ1) is 10.6. The Labute approximate surface area is 129 Å². The molecule has 0 saturated carbocycles. The van der Waals surface area contributed by atoms with Gasteiger partial charge in [0.2, 0.25) is 5.91 Å². The molecule has 4 nitrogen and oxygen atoms in total. The maximum atomic E-state index is 12.5. The number of ether oxygens (including phenoxy) is 1. The highest BCUT2D eigenvalue weighted by molar-refractivity contribution is 5.93. The van der Waals surface area contributed by atoms with Gasteiger partial charge in [-0.3, -0.25) is 4.79 Å². The summed E-state index contributed by atoms with van der Waals surface area (Å²) in [6, 6.07) is 12.2. The maximum Gasteiger partial charge on any atom is 0.332 e. The van der Waals surface area contributed by atoms with E-state index in [1.54, 1.807) is 6.92 Å². The standard InChI is InChI=1S/C18H19NO3/c1-3-22-17(21)18(19-12(2)20)10-14-9-8-13-6-4-5-7-15(13)16(14)11-18/h4-9H,3,10-11H2,1-2H3,(H,19,20). The number of carbonyl (C=O) groups excluding carboxylic acids is 2. The Kier molecular flexibility index (Phi) is 3.61. The molecule has 3 rings (SSSR count). The van der Waals surface area contributed by atoms with E-state index in [1.165, 1.54) is 6.92 Å². The number of amides is 1. The van der Waals surface area contributed by atoms with Crippen LogP contribution in [0.25, 0.3) is 10.8 Å². The average molecular weight is 297 g/mol. The summed E-state index contributed by atoms with van der Waals surface area (Å²) in [6.07, 6.45) is 0.952. The van der Waals surface area contributed by atoms with Crippen LogP contribution in [0.4, 0.5) is 0 Å². The molecule has 1 unspecified atom stereocenters. The number of fused-ring (bicyclic) bond motifs is 3. The molecule has 0 spiro atoms. The summed E-state index contributed by atoms with van der Waals surface area (Å²) in [5.74, 6) is -0.573. The Hall–Kier alpha value is -2.36. The minimum absolute atomic E-state index is 0.217. The van der Waals surface area contributed by atoms with E-state index in [4.69, 9.17) is 4.74 Å². The van der Waals surface area contributed by atoms with Gasteiger partial charge in [0.15, 0.2) is 0 Å². The third kappa shape index (κ3) is 2.34. The Balaban J connectivity index is 2.07. The largest absolute Gasteiger partial charge is 0.464 e. The van der Waals surface area contributed by atoms with Crippen LogP contribution in [0.1, 0.15) is 25.0 Å². The molecule has 0 bridgehead atoms. The first-order valence-corrected chi connectivity index (χ1v) is 7.51. The summed E-state index contributed by atoms with van der Waals surface area (Å²) in [4.78, 5) is 24.1. The molecule has 114 valence electrons. The SMILES string of the molecule is CCOC(=O)C1(NC(C)=O)Cc2ccc3ccccc3c2C1. The number of carbonyl (C=O) groups is 2. The number of esters is 1. The molecule has 0 aliphatic heterocycles. The van der Waals surface area contributed by atoms with Crippen LogP contribution in [0.5, 0.6) is 0 Å². The highest BCUT2D eigenvalue weighted by Crippen LogP contribution is 2.36. The molecule has 4 heteroatoms. The third-order valence-corrected chi connectivity index (χ3v) is 4.19. The van der Waals surface area contributed by atoms with E-state index >= 15 is 0 Å². The van der Waals surface area contributed by atoms with Gasteiger partial charge in [0.05, 0.1) is 6.61 Å². The smallest absolute Gasteiger partial charge is 0.332 e. The van der Waals surface area contributed by atoms with Crippen LogP contribution in [0.3, 0.4) is 0 Å². The van der Waals surface area contributed by atoms with E-state index in [2.05, 4.69) is 23.5 Å². The van der Waals surface area contributed by atoms with Gasteiger partial charge in [0.25, 0.3) is 0 Å². The fourth-order valence-corrected chi connectivity index (χ4v) is 3.33. The molecule has 2 aromatic carbocycles. The molecular formula is C18H19NO3. The van der Waals surface area contributed by atoms with Crippen molar-refractivity contribution in [2.75, 3.05) is 6.61 Å². The van der Waals surface area contributed by atoms with E-state index in [0.29, 0.717) is 19.4 Å². The molecule has 2 aromatic rings. The molecule has 0 radical (unpaired) electrons. The van der Waals surface area contributed by atoms with Gasteiger partial charge in [-0.15, -0.1) is 0 Å². The quantitative estimate of drug-likeness (QED) is 0.885. The first-order valence-electron chi connectivity index (χ1n) is 7.51. The second-order valence-electron chi connectivity index (χ2n) is 5.76. The normalized spacial score (nSPS) is 19.7. The van der Waals surface area contributed by atoms with Gasteiger partial charge >= 0.3 is 5.97 Å². The van der Waals surface area contributed by atoms with Crippen LogP contribution in [0.15, 0.2) is 36.4 Å². The lowest BCUT2D eigenvalue weighted by atomic mass is 9.95. The Morgan fingerprint density at radius 3 is 2.68 bits per heavy atom. The van der Waals surface area contributed by atoms with Crippen LogP contribution in [-0.2, 0) is 27.2 Å². The molecular weight excluding hydrogens is 278 g/mol. The molecule has 1 aliphatic carbocycles. The molecule has 1 aliphatic rings. The van der Waals surface area contributed by atoms with Crippen LogP contribution in [0, 0.1) is 0 Å². The molecule has 1 amide bonds. The van der Waals surface area contributed by atoms with Crippen molar-refractivity contribution in [2.24, 2.45) is 0 Å². The fourth-order valence-electron chi connectivity index (χ4n) is 3.33. The van der Waals surface area contributed by atoms with Crippen molar-refractivity contribution in [3.05, 3.63) is 47.5 Å². The number of nitrogens with one attached hydrogen (secondary N) is 1. The van der Waals surface area contributed by atoms with Crippen molar-refractivity contribution in [1.29, 1.82) is 0 Å². The summed E-state index contributed by atoms with van der Waals surface area (Å²) in [7, 11) is 0. The van der Waals surface area contributed by atoms with E-state index in [0.717, 1.165) is 21.9 Å². The predicted octanol–water partition coefficient (Wildman–Crippen LogP) is 2.38. The van der Waals surface area contributed by atoms with Gasteiger partial charge in [-0.1, -0.05) is 36.4 Å². The Bertz CT molecular complexity index is 753. The van der Waals surface area contributed by atoms with Crippen molar-refractivity contribution >= 4 is 22.6 Å². The second-order valence-corrected chi connectivity index (χ2v) is 5.76. The van der Waals surface area contributed by atoms with Gasteiger partial charge in [0, 0.05) is 19.8 Å². The summed E-state index contributed by atoms with van der Waals surface area (Å²) >= 11 is 0. The van der Waals surface area contributed by atoms with Crippen LogP contribution < -0.4 is 5.32 Å². The minimum atomic E-state index is -0.978. The molecule has 22 heavy (non-hydrogen) atoms. The number of benzene rings is 2. The van der Waals surface area contributed by atoms with Crippen LogP contribution in [0.2, 0.25) is 0 Å². The molecule has 0 aromatic heterocycles. The zero-order valence-electron chi connectivity index (χ0n) is 12.8. The first kappa shape index (κ1) is 14.6. The van der Waals surface area contributed by atoms with Crippen molar-refractivity contribution in [3.63, 3.8) is 0 Å². The molecule has 0 saturated heterocycles. The van der Waals surface area contributed by atoms with Crippen molar-refractivity contribution in [2.45, 2.75) is 32.2 Å². The number of hydrogen-bond acceptors (Lipinski definition) is 3. The zero-order valence-corrected chi connectivity index (χ0v) is 12.8. The van der Waals surface area contributed by atoms with Crippen molar-refractivity contribution < 1.29 is 14.3 Å². The van der Waals surface area contributed by atoms with Crippen LogP contribution >= 0.6 is 0 Å². The lowest BCUT2D eigenvalue weighted by molar-refractivity contribution is -0.152. The second kappa shape index (κ2) is 5.44. The Morgan fingerprint density at radius 2 is 1.95 bits per heavy atom. The molecule has 0 heterocycles. The van der Waals surface area contributed by atoms with Crippen molar-refractivity contribution in [3.8, 4) is 0 Å². The van der Waals surface area contributed by atoms with E-state index < -0.39 is 5.54 Å². The molecule has 0 fully saturated rings. The summed E-state index contributed by atoms with van der Waals surface area (Å²) in [5.41, 5.74) is 1.24. The Morgan fingerprint density at radius 1 is 1.18 bits per heavy atom. The van der Waals surface area contributed by atoms with Gasteiger partial charge in [-0.05, 0) is 28.8 Å². The predicted molar refractivity (Wildman–Crippen MR) is 84.5 cm³/mol. The monoisotopic (exact) mass is 297 g/mol. The van der Waals surface area contributed by atoms with E-state index in [9.17, 15) is 9.59 Å². The summed E-state index contributed by atoms with van der Waals surface area (Å²) < 4.78 is 5.22. The summed E-state index contributed by atoms with van der Waals surface area (Å²) in [6.45, 7) is 3.51.